The fraction of sp³-hybridized carbons (Fsp3) is 0.240. The molecule has 29 heavy (non-hydrogen) atoms. The molecule has 3 aromatic carbocycles. The van der Waals surface area contributed by atoms with Crippen molar-refractivity contribution in [2.24, 2.45) is 4.99 Å². The molecule has 0 amide bonds. The molecule has 1 heterocycles. The average Bonchev–Trinajstić information content (AvgIpc) is 3.23. The maximum absolute atomic E-state index is 13.3. The van der Waals surface area contributed by atoms with E-state index in [1.807, 2.05) is 54.6 Å². The van der Waals surface area contributed by atoms with Crippen LogP contribution in [0.15, 0.2) is 93.6 Å². The number of rotatable bonds is 4. The van der Waals surface area contributed by atoms with Crippen molar-refractivity contribution in [2.75, 3.05) is 6.61 Å². The Morgan fingerprint density at radius 2 is 1.55 bits per heavy atom. The first-order chi connectivity index (χ1) is 13.9. The highest BCUT2D eigenvalue weighted by atomic mass is 32.2. The lowest BCUT2D eigenvalue weighted by Crippen LogP contribution is -2.11. The van der Waals surface area contributed by atoms with Crippen LogP contribution in [-0.2, 0) is 21.0 Å². The van der Waals surface area contributed by atoms with Crippen LogP contribution in [-0.4, -0.2) is 16.7 Å². The molecule has 1 aliphatic rings. The van der Waals surface area contributed by atoms with Gasteiger partial charge in [-0.3, -0.25) is 0 Å². The van der Waals surface area contributed by atoms with Crippen LogP contribution in [0.2, 0.25) is 0 Å². The van der Waals surface area contributed by atoms with Gasteiger partial charge in [-0.15, -0.1) is 0 Å². The van der Waals surface area contributed by atoms with E-state index in [0.29, 0.717) is 12.5 Å². The van der Waals surface area contributed by atoms with E-state index in [-0.39, 0.29) is 11.5 Å². The van der Waals surface area contributed by atoms with Gasteiger partial charge in [0.1, 0.15) is 12.6 Å². The standard InChI is InChI=1S/C25H25NO2S/c1-25(2,3)19-13-15-20(16-14-19)29(27)23-12-8-7-11-21(23)24-26-22(17-28-24)18-9-5-4-6-10-18/h4-16,22H,17H2,1-3H3/t22-,29?/m1/s1. The molecule has 148 valence electrons. The van der Waals surface area contributed by atoms with Crippen LogP contribution in [0.5, 0.6) is 0 Å². The number of benzene rings is 3. The molecule has 0 saturated carbocycles. The third kappa shape index (κ3) is 4.18. The molecule has 3 nitrogen and oxygen atoms in total. The normalized spacial score (nSPS) is 17.5. The first-order valence-corrected chi connectivity index (χ1v) is 11.0. The van der Waals surface area contributed by atoms with Crippen LogP contribution in [0.25, 0.3) is 0 Å². The van der Waals surface area contributed by atoms with Gasteiger partial charge >= 0.3 is 0 Å². The van der Waals surface area contributed by atoms with Crippen LogP contribution >= 0.6 is 0 Å². The molecule has 4 rings (SSSR count). The second-order valence-electron chi connectivity index (χ2n) is 8.21. The minimum Gasteiger partial charge on any atom is -0.475 e. The summed E-state index contributed by atoms with van der Waals surface area (Å²) in [4.78, 5) is 6.28. The van der Waals surface area contributed by atoms with Gasteiger partial charge in [-0.2, -0.15) is 0 Å². The maximum atomic E-state index is 13.3. The fourth-order valence-corrected chi connectivity index (χ4v) is 4.57. The lowest BCUT2D eigenvalue weighted by atomic mass is 9.87. The summed E-state index contributed by atoms with van der Waals surface area (Å²) in [5.74, 6) is 0.564. The lowest BCUT2D eigenvalue weighted by Gasteiger charge is -2.19. The first kappa shape index (κ1) is 19.6. The van der Waals surface area contributed by atoms with Gasteiger partial charge in [0, 0.05) is 4.90 Å². The Kier molecular flexibility index (Phi) is 5.37. The lowest BCUT2D eigenvalue weighted by molar-refractivity contribution is 0.319. The van der Waals surface area contributed by atoms with Crippen molar-refractivity contribution in [3.05, 3.63) is 95.6 Å². The Bertz CT molecular complexity index is 1050. The van der Waals surface area contributed by atoms with E-state index in [1.54, 1.807) is 0 Å². The smallest absolute Gasteiger partial charge is 0.218 e. The highest BCUT2D eigenvalue weighted by molar-refractivity contribution is 7.85. The highest BCUT2D eigenvalue weighted by Crippen LogP contribution is 2.29. The fourth-order valence-electron chi connectivity index (χ4n) is 3.38. The second-order valence-corrected chi connectivity index (χ2v) is 9.66. The van der Waals surface area contributed by atoms with Crippen LogP contribution in [0, 0.1) is 0 Å². The Hall–Kier alpha value is -2.72. The molecule has 0 bridgehead atoms. The molecule has 0 saturated heterocycles. The third-order valence-electron chi connectivity index (χ3n) is 5.09. The molecule has 4 heteroatoms. The van der Waals surface area contributed by atoms with E-state index >= 15 is 0 Å². The summed E-state index contributed by atoms with van der Waals surface area (Å²) in [7, 11) is -1.31. The minimum absolute atomic E-state index is 0.0289. The Labute approximate surface area is 174 Å². The van der Waals surface area contributed by atoms with Crippen molar-refractivity contribution >= 4 is 16.7 Å². The molecule has 0 N–H and O–H groups in total. The number of ether oxygens (including phenoxy) is 1. The zero-order chi connectivity index (χ0) is 20.4. The summed E-state index contributed by atoms with van der Waals surface area (Å²) in [5, 5.41) is 0. The molecule has 0 spiro atoms. The van der Waals surface area contributed by atoms with Gasteiger partial charge in [-0.1, -0.05) is 75.4 Å². The summed E-state index contributed by atoms with van der Waals surface area (Å²) in [6.45, 7) is 7.02. The van der Waals surface area contributed by atoms with Gasteiger partial charge in [0.25, 0.3) is 0 Å². The molecule has 3 aromatic rings. The summed E-state index contributed by atoms with van der Waals surface area (Å²) in [5.41, 5.74) is 3.21. The number of nitrogens with zero attached hydrogens (tertiary/aromatic N) is 1. The van der Waals surface area contributed by atoms with Crippen molar-refractivity contribution in [3.63, 3.8) is 0 Å². The largest absolute Gasteiger partial charge is 0.475 e. The molecular formula is C25H25NO2S. The summed E-state index contributed by atoms with van der Waals surface area (Å²) in [6.07, 6.45) is 0. The molecule has 1 unspecified atom stereocenters. The summed E-state index contributed by atoms with van der Waals surface area (Å²) in [6, 6.07) is 25.8. The van der Waals surface area contributed by atoms with Crippen molar-refractivity contribution in [1.29, 1.82) is 0 Å². The van der Waals surface area contributed by atoms with Crippen LogP contribution in [0.4, 0.5) is 0 Å². The molecule has 0 aliphatic carbocycles. The van der Waals surface area contributed by atoms with Crippen LogP contribution in [0.1, 0.15) is 43.5 Å². The third-order valence-corrected chi connectivity index (χ3v) is 6.54. The molecule has 1 aliphatic heterocycles. The molecule has 0 fully saturated rings. The second kappa shape index (κ2) is 7.96. The average molecular weight is 404 g/mol. The van der Waals surface area contributed by atoms with Gasteiger partial charge in [-0.25, -0.2) is 9.20 Å². The number of hydrogen-bond donors (Lipinski definition) is 0. The predicted molar refractivity (Wildman–Crippen MR) is 118 cm³/mol. The topological polar surface area (TPSA) is 38.7 Å². The van der Waals surface area contributed by atoms with E-state index in [9.17, 15) is 4.21 Å². The van der Waals surface area contributed by atoms with Crippen molar-refractivity contribution in [3.8, 4) is 0 Å². The van der Waals surface area contributed by atoms with Gasteiger partial charge in [0.15, 0.2) is 0 Å². The molecule has 0 aromatic heterocycles. The molecule has 2 atom stereocenters. The van der Waals surface area contributed by atoms with Crippen molar-refractivity contribution in [2.45, 2.75) is 42.0 Å². The monoisotopic (exact) mass is 403 g/mol. The van der Waals surface area contributed by atoms with E-state index < -0.39 is 10.8 Å². The van der Waals surface area contributed by atoms with Gasteiger partial charge in [-0.05, 0) is 40.8 Å². The zero-order valence-electron chi connectivity index (χ0n) is 17.0. The summed E-state index contributed by atoms with van der Waals surface area (Å²) < 4.78 is 19.2. The van der Waals surface area contributed by atoms with Crippen molar-refractivity contribution < 1.29 is 8.95 Å². The quantitative estimate of drug-likeness (QED) is 0.563. The van der Waals surface area contributed by atoms with Crippen LogP contribution < -0.4 is 0 Å². The predicted octanol–water partition coefficient (Wildman–Crippen LogP) is 5.67. The Balaban J connectivity index is 1.64. The first-order valence-electron chi connectivity index (χ1n) is 9.81. The Morgan fingerprint density at radius 3 is 2.24 bits per heavy atom. The minimum atomic E-state index is -1.31. The summed E-state index contributed by atoms with van der Waals surface area (Å²) >= 11 is 0. The van der Waals surface area contributed by atoms with Crippen LogP contribution in [0.3, 0.4) is 0 Å². The van der Waals surface area contributed by atoms with E-state index in [0.717, 1.165) is 20.9 Å². The number of aliphatic imine (C=N–C) groups is 1. The SMILES string of the molecule is CC(C)(C)c1ccc(S(=O)c2ccccc2C2=N[C@@H](c3ccccc3)CO2)cc1. The van der Waals surface area contributed by atoms with E-state index in [2.05, 4.69) is 45.0 Å². The molecule has 0 radical (unpaired) electrons. The molecular weight excluding hydrogens is 378 g/mol. The number of hydrogen-bond acceptors (Lipinski definition) is 3. The van der Waals surface area contributed by atoms with Gasteiger partial charge in [0.2, 0.25) is 5.90 Å². The zero-order valence-corrected chi connectivity index (χ0v) is 17.8. The maximum Gasteiger partial charge on any atom is 0.218 e. The van der Waals surface area contributed by atoms with Gasteiger partial charge in [0.05, 0.1) is 21.3 Å². The van der Waals surface area contributed by atoms with E-state index in [1.165, 1.54) is 5.56 Å². The Morgan fingerprint density at radius 1 is 0.897 bits per heavy atom. The van der Waals surface area contributed by atoms with Crippen molar-refractivity contribution in [1.82, 2.24) is 0 Å². The van der Waals surface area contributed by atoms with E-state index in [4.69, 9.17) is 9.73 Å². The highest BCUT2D eigenvalue weighted by Gasteiger charge is 2.25. The van der Waals surface area contributed by atoms with Gasteiger partial charge < -0.3 is 4.74 Å².